The largest absolute Gasteiger partial charge is 0.456 e. The molecule has 11 aromatic carbocycles. The van der Waals surface area contributed by atoms with E-state index in [1.807, 2.05) is 47.7 Å². The van der Waals surface area contributed by atoms with Crippen molar-refractivity contribution in [3.05, 3.63) is 243 Å². The fourth-order valence-corrected chi connectivity index (χ4v) is 14.0. The maximum atomic E-state index is 6.93. The molecule has 0 saturated carbocycles. The topological polar surface area (TPSA) is 60.0 Å². The highest BCUT2D eigenvalue weighted by Crippen LogP contribution is 2.51. The summed E-state index contributed by atoms with van der Waals surface area (Å²) in [6.07, 6.45) is 0. The summed E-state index contributed by atoms with van der Waals surface area (Å²) < 4.78 is 12.1. The summed E-state index contributed by atoms with van der Waals surface area (Å²) in [5, 5.41) is 7.14. The number of thiophene rings is 1. The second kappa shape index (κ2) is 16.3. The van der Waals surface area contributed by atoms with E-state index in [2.05, 4.69) is 216 Å². The van der Waals surface area contributed by atoms with Crippen LogP contribution in [0.3, 0.4) is 0 Å². The number of hydrogen-bond donors (Lipinski definition) is 0. The summed E-state index contributed by atoms with van der Waals surface area (Å²) in [4.78, 5) is 18.7. The van der Waals surface area contributed by atoms with Crippen LogP contribution in [0.4, 0.5) is 17.1 Å². The van der Waals surface area contributed by atoms with E-state index in [1.165, 1.54) is 52.8 Å². The van der Waals surface area contributed by atoms with Crippen molar-refractivity contribution in [1.29, 1.82) is 0 Å². The van der Waals surface area contributed by atoms with Crippen LogP contribution in [0.15, 0.2) is 247 Å². The third-order valence-corrected chi connectivity index (χ3v) is 17.2. The van der Waals surface area contributed by atoms with Gasteiger partial charge in [0.2, 0.25) is 0 Å². The summed E-state index contributed by atoms with van der Waals surface area (Å²) in [7, 11) is 0. The Bertz CT molecular complexity index is 4820. The molecule has 0 amide bonds. The number of benzene rings is 11. The van der Waals surface area contributed by atoms with E-state index in [0.717, 1.165) is 89.1 Å². The highest BCUT2D eigenvalue weighted by molar-refractivity contribution is 7.28. The van der Waals surface area contributed by atoms with Gasteiger partial charge in [-0.05, 0) is 76.0 Å². The number of nitrogens with zero attached hydrogens (tertiary/aromatic N) is 5. The van der Waals surface area contributed by atoms with Crippen LogP contribution in [0.1, 0.15) is 0 Å². The Kier molecular flexibility index (Phi) is 8.99. The average molecular weight is 998 g/mol. The molecule has 356 valence electrons. The van der Waals surface area contributed by atoms with Crippen molar-refractivity contribution in [2.45, 2.75) is 0 Å². The highest BCUT2D eigenvalue weighted by Gasteiger charge is 2.45. The molecule has 6 nitrogen and oxygen atoms in total. The molecule has 2 aliphatic rings. The van der Waals surface area contributed by atoms with Gasteiger partial charge in [0.05, 0.1) is 16.7 Å². The molecular formula is C69H40BN5OS. The molecular weight excluding hydrogens is 958 g/mol. The molecule has 0 atom stereocenters. The number of fused-ring (bicyclic) bond motifs is 14. The highest BCUT2D eigenvalue weighted by atomic mass is 32.1. The van der Waals surface area contributed by atoms with Crippen molar-refractivity contribution >= 4 is 115 Å². The number of furan rings is 1. The molecule has 0 spiro atoms. The van der Waals surface area contributed by atoms with Gasteiger partial charge in [0, 0.05) is 86.6 Å². The van der Waals surface area contributed by atoms with Gasteiger partial charge in [-0.15, -0.1) is 11.3 Å². The van der Waals surface area contributed by atoms with E-state index in [-0.39, 0.29) is 6.71 Å². The molecule has 0 N–H and O–H groups in total. The predicted molar refractivity (Wildman–Crippen MR) is 321 cm³/mol. The van der Waals surface area contributed by atoms with E-state index in [1.54, 1.807) is 0 Å². The van der Waals surface area contributed by atoms with Gasteiger partial charge in [-0.1, -0.05) is 194 Å². The van der Waals surface area contributed by atoms with Crippen molar-refractivity contribution in [1.82, 2.24) is 19.5 Å². The zero-order valence-corrected chi connectivity index (χ0v) is 42.0. The first-order valence-electron chi connectivity index (χ1n) is 26.1. The quantitative estimate of drug-likeness (QED) is 0.155. The molecule has 17 rings (SSSR count). The second-order valence-corrected chi connectivity index (χ2v) is 21.2. The number of aromatic nitrogens is 4. The molecule has 0 saturated heterocycles. The summed E-state index contributed by atoms with van der Waals surface area (Å²) in [6.45, 7) is -0.212. The Balaban J connectivity index is 1.09. The van der Waals surface area contributed by atoms with Gasteiger partial charge in [-0.2, -0.15) is 0 Å². The first kappa shape index (κ1) is 42.5. The van der Waals surface area contributed by atoms with Gasteiger partial charge in [-0.25, -0.2) is 15.0 Å². The van der Waals surface area contributed by atoms with Crippen LogP contribution in [-0.4, -0.2) is 26.2 Å². The molecule has 0 unspecified atom stereocenters. The second-order valence-electron chi connectivity index (χ2n) is 20.2. The lowest BCUT2D eigenvalue weighted by atomic mass is 9.33. The summed E-state index contributed by atoms with van der Waals surface area (Å²) in [5.74, 6) is 1.82. The Hall–Kier alpha value is -9.89. The van der Waals surface area contributed by atoms with Crippen molar-refractivity contribution < 1.29 is 4.42 Å². The first-order chi connectivity index (χ1) is 38.2. The van der Waals surface area contributed by atoms with Crippen molar-refractivity contribution in [3.8, 4) is 62.1 Å². The monoisotopic (exact) mass is 997 g/mol. The molecule has 6 heterocycles. The van der Waals surface area contributed by atoms with E-state index < -0.39 is 0 Å². The normalized spacial score (nSPS) is 12.6. The Morgan fingerprint density at radius 2 is 0.935 bits per heavy atom. The minimum Gasteiger partial charge on any atom is -0.456 e. The fourth-order valence-electron chi connectivity index (χ4n) is 12.7. The maximum absolute atomic E-state index is 6.93. The van der Waals surface area contributed by atoms with E-state index >= 15 is 0 Å². The zero-order valence-electron chi connectivity index (χ0n) is 41.2. The Labute approximate surface area is 446 Å². The van der Waals surface area contributed by atoms with Crippen LogP contribution in [-0.2, 0) is 0 Å². The van der Waals surface area contributed by atoms with Gasteiger partial charge < -0.3 is 13.9 Å². The van der Waals surface area contributed by atoms with Crippen LogP contribution < -0.4 is 21.3 Å². The minimum atomic E-state index is -0.212. The lowest BCUT2D eigenvalue weighted by Crippen LogP contribution is -2.60. The van der Waals surface area contributed by atoms with Crippen molar-refractivity contribution in [3.63, 3.8) is 0 Å². The lowest BCUT2D eigenvalue weighted by Gasteiger charge is -2.42. The molecule has 0 fully saturated rings. The molecule has 0 bridgehead atoms. The van der Waals surface area contributed by atoms with Crippen LogP contribution in [0.5, 0.6) is 0 Å². The SMILES string of the molecule is c1ccc(-c2nc(-c3ccccc3)nc(-c3cc4c5c(c3)-n3c6ccccc6c6cc7c(sc8ccccc87)c(c63)B5c3cc5oc6ccccc6c5cc3N4c3c(-c4ccccc4)cccc3-c3ccccc3)n2)cc1. The van der Waals surface area contributed by atoms with Crippen molar-refractivity contribution in [2.75, 3.05) is 4.90 Å². The summed E-state index contributed by atoms with van der Waals surface area (Å²) in [5.41, 5.74) is 19.3. The van der Waals surface area contributed by atoms with Crippen LogP contribution in [0.2, 0.25) is 0 Å². The van der Waals surface area contributed by atoms with Gasteiger partial charge in [-0.3, -0.25) is 0 Å². The zero-order chi connectivity index (χ0) is 50.3. The molecule has 2 aliphatic heterocycles. The molecule has 77 heavy (non-hydrogen) atoms. The standard InChI is InChI=1S/C69H40BN5OS/c1-5-20-41(21-6-1)46-31-19-32-47(42-22-7-2-8-23-42)64(46)75-56-39-51-49-29-14-17-34-59(49)76-60(51)40-54(56)70-62-57(74-55-33-16-13-28-48(55)52-38-53-50-30-15-18-35-61(50)77-66(53)63(70)65(52)74)36-45(37-58(62)75)69-72-67(43-24-9-3-10-25-43)71-68(73-69)44-26-11-4-12-27-44/h1-40H. The molecule has 0 aliphatic carbocycles. The third-order valence-electron chi connectivity index (χ3n) is 16.0. The molecule has 4 aromatic heterocycles. The average Bonchev–Trinajstić information content (AvgIpc) is 4.41. The fraction of sp³-hybridized carbons (Fsp3) is 0. The molecule has 15 aromatic rings. The number of hydrogen-bond acceptors (Lipinski definition) is 6. The minimum absolute atomic E-state index is 0.212. The third kappa shape index (κ3) is 6.22. The van der Waals surface area contributed by atoms with Gasteiger partial charge in [0.25, 0.3) is 6.71 Å². The van der Waals surface area contributed by atoms with E-state index in [4.69, 9.17) is 19.4 Å². The van der Waals surface area contributed by atoms with Crippen LogP contribution in [0.25, 0.3) is 126 Å². The number of rotatable bonds is 6. The Morgan fingerprint density at radius 1 is 0.377 bits per heavy atom. The number of para-hydroxylation sites is 3. The Morgan fingerprint density at radius 3 is 1.61 bits per heavy atom. The van der Waals surface area contributed by atoms with E-state index in [0.29, 0.717) is 17.5 Å². The lowest BCUT2D eigenvalue weighted by molar-refractivity contribution is 0.669. The van der Waals surface area contributed by atoms with Crippen molar-refractivity contribution in [2.24, 2.45) is 0 Å². The molecule has 8 heteroatoms. The van der Waals surface area contributed by atoms with Crippen LogP contribution >= 0.6 is 11.3 Å². The molecule has 0 radical (unpaired) electrons. The first-order valence-corrected chi connectivity index (χ1v) is 26.9. The smallest absolute Gasteiger partial charge is 0.254 e. The van der Waals surface area contributed by atoms with Gasteiger partial charge in [0.1, 0.15) is 11.2 Å². The summed E-state index contributed by atoms with van der Waals surface area (Å²) in [6, 6.07) is 87.3. The summed E-state index contributed by atoms with van der Waals surface area (Å²) >= 11 is 1.90. The van der Waals surface area contributed by atoms with Gasteiger partial charge >= 0.3 is 0 Å². The predicted octanol–water partition coefficient (Wildman–Crippen LogP) is 16.2. The van der Waals surface area contributed by atoms with Crippen LogP contribution in [0, 0.1) is 0 Å². The van der Waals surface area contributed by atoms with E-state index in [9.17, 15) is 0 Å². The maximum Gasteiger partial charge on any atom is 0.254 e. The van der Waals surface area contributed by atoms with Gasteiger partial charge in [0.15, 0.2) is 17.5 Å². The number of anilines is 3.